The topological polar surface area (TPSA) is 90.7 Å². The predicted molar refractivity (Wildman–Crippen MR) is 108 cm³/mol. The lowest BCUT2D eigenvalue weighted by Crippen LogP contribution is -2.12. The Hall–Kier alpha value is -3.09. The van der Waals surface area contributed by atoms with E-state index in [-0.39, 0.29) is 17.3 Å². The van der Waals surface area contributed by atoms with Crippen LogP contribution in [0.3, 0.4) is 0 Å². The molecule has 0 aromatic heterocycles. The molecule has 150 valence electrons. The van der Waals surface area contributed by atoms with Crippen LogP contribution in [-0.2, 0) is 0 Å². The summed E-state index contributed by atoms with van der Waals surface area (Å²) in [5.41, 5.74) is 0.715. The Labute approximate surface area is 164 Å². The number of carbonyl (C=O) groups excluding carboxylic acids is 1. The van der Waals surface area contributed by atoms with Gasteiger partial charge in [0.05, 0.1) is 30.4 Å². The maximum atomic E-state index is 12.4. The first-order valence-electron chi connectivity index (χ1n) is 9.41. The Morgan fingerprint density at radius 2 is 1.79 bits per heavy atom. The molecule has 2 aromatic carbocycles. The lowest BCUT2D eigenvalue weighted by molar-refractivity contribution is -0.384. The second-order valence-corrected chi connectivity index (χ2v) is 6.38. The van der Waals surface area contributed by atoms with Crippen LogP contribution >= 0.6 is 0 Å². The number of nitrogens with zero attached hydrogens (tertiary/aromatic N) is 1. The highest BCUT2D eigenvalue weighted by Gasteiger charge is 2.14. The summed E-state index contributed by atoms with van der Waals surface area (Å²) in [5.74, 6) is 0.615. The van der Waals surface area contributed by atoms with E-state index in [0.29, 0.717) is 17.9 Å². The molecule has 0 saturated heterocycles. The number of unbranched alkanes of at least 4 members (excludes halogenated alkanes) is 4. The monoisotopic (exact) mass is 386 g/mol. The molecule has 0 aliphatic carbocycles. The SMILES string of the molecule is CCCCCCCOc1ccc(C(=O)Nc2ccc([N+](=O)[O-])cc2OC)cc1. The van der Waals surface area contributed by atoms with Gasteiger partial charge in [0.15, 0.2) is 0 Å². The summed E-state index contributed by atoms with van der Waals surface area (Å²) < 4.78 is 10.8. The molecular weight excluding hydrogens is 360 g/mol. The van der Waals surface area contributed by atoms with Crippen LogP contribution in [0.25, 0.3) is 0 Å². The van der Waals surface area contributed by atoms with E-state index in [1.807, 2.05) is 0 Å². The van der Waals surface area contributed by atoms with Gasteiger partial charge in [0.1, 0.15) is 11.5 Å². The lowest BCUT2D eigenvalue weighted by atomic mass is 10.1. The first kappa shape index (κ1) is 21.2. The van der Waals surface area contributed by atoms with Gasteiger partial charge in [-0.3, -0.25) is 14.9 Å². The number of hydrogen-bond donors (Lipinski definition) is 1. The quantitative estimate of drug-likeness (QED) is 0.325. The molecule has 0 spiro atoms. The summed E-state index contributed by atoms with van der Waals surface area (Å²) in [7, 11) is 1.39. The molecular formula is C21H26N2O5. The number of non-ortho nitro benzene ring substituents is 1. The third kappa shape index (κ3) is 6.26. The average molecular weight is 386 g/mol. The second kappa shape index (κ2) is 10.9. The molecule has 0 aliphatic rings. The highest BCUT2D eigenvalue weighted by molar-refractivity contribution is 6.05. The van der Waals surface area contributed by atoms with Crippen molar-refractivity contribution >= 4 is 17.3 Å². The number of ether oxygens (including phenoxy) is 2. The van der Waals surface area contributed by atoms with Gasteiger partial charge in [-0.1, -0.05) is 32.6 Å². The van der Waals surface area contributed by atoms with Crippen LogP contribution in [-0.4, -0.2) is 24.5 Å². The average Bonchev–Trinajstić information content (AvgIpc) is 2.71. The first-order valence-corrected chi connectivity index (χ1v) is 9.41. The van der Waals surface area contributed by atoms with Crippen molar-refractivity contribution in [2.75, 3.05) is 19.0 Å². The van der Waals surface area contributed by atoms with Crippen LogP contribution in [0.1, 0.15) is 49.4 Å². The molecule has 1 amide bonds. The molecule has 1 N–H and O–H groups in total. The van der Waals surface area contributed by atoms with Gasteiger partial charge >= 0.3 is 0 Å². The van der Waals surface area contributed by atoms with Crippen LogP contribution in [0.2, 0.25) is 0 Å². The molecule has 0 saturated carbocycles. The van der Waals surface area contributed by atoms with Crippen LogP contribution in [0.4, 0.5) is 11.4 Å². The number of carbonyl (C=O) groups is 1. The largest absolute Gasteiger partial charge is 0.494 e. The Kier molecular flexibility index (Phi) is 8.27. The summed E-state index contributed by atoms with van der Waals surface area (Å²) in [6.07, 6.45) is 5.87. The maximum absolute atomic E-state index is 12.4. The van der Waals surface area contributed by atoms with Crippen LogP contribution in [0, 0.1) is 10.1 Å². The number of anilines is 1. The molecule has 0 atom stereocenters. The highest BCUT2D eigenvalue weighted by atomic mass is 16.6. The van der Waals surface area contributed by atoms with Crippen molar-refractivity contribution in [1.29, 1.82) is 0 Å². The molecule has 28 heavy (non-hydrogen) atoms. The lowest BCUT2D eigenvalue weighted by Gasteiger charge is -2.11. The van der Waals surface area contributed by atoms with Gasteiger partial charge in [0.25, 0.3) is 11.6 Å². The van der Waals surface area contributed by atoms with Gasteiger partial charge < -0.3 is 14.8 Å². The summed E-state index contributed by atoms with van der Waals surface area (Å²) in [4.78, 5) is 22.8. The first-order chi connectivity index (χ1) is 13.5. The third-order valence-electron chi connectivity index (χ3n) is 4.28. The van der Waals surface area contributed by atoms with E-state index in [2.05, 4.69) is 12.2 Å². The molecule has 0 radical (unpaired) electrons. The Bertz CT molecular complexity index is 790. The maximum Gasteiger partial charge on any atom is 0.273 e. The van der Waals surface area contributed by atoms with Crippen LogP contribution in [0.15, 0.2) is 42.5 Å². The second-order valence-electron chi connectivity index (χ2n) is 6.38. The summed E-state index contributed by atoms with van der Waals surface area (Å²) >= 11 is 0. The van der Waals surface area contributed by atoms with Crippen molar-refractivity contribution < 1.29 is 19.2 Å². The number of nitro benzene ring substituents is 1. The van der Waals surface area contributed by atoms with E-state index < -0.39 is 4.92 Å². The molecule has 7 heteroatoms. The van der Waals surface area contributed by atoms with Crippen molar-refractivity contribution in [2.45, 2.75) is 39.0 Å². The minimum Gasteiger partial charge on any atom is -0.494 e. The fourth-order valence-corrected chi connectivity index (χ4v) is 2.69. The Morgan fingerprint density at radius 3 is 2.43 bits per heavy atom. The van der Waals surface area contributed by atoms with Gasteiger partial charge in [-0.05, 0) is 36.8 Å². The van der Waals surface area contributed by atoms with Gasteiger partial charge in [-0.15, -0.1) is 0 Å². The number of hydrogen-bond acceptors (Lipinski definition) is 5. The van der Waals surface area contributed by atoms with Gasteiger partial charge in [-0.25, -0.2) is 0 Å². The van der Waals surface area contributed by atoms with E-state index >= 15 is 0 Å². The number of methoxy groups -OCH3 is 1. The number of amides is 1. The van der Waals surface area contributed by atoms with Gasteiger partial charge in [0.2, 0.25) is 0 Å². The zero-order valence-corrected chi connectivity index (χ0v) is 16.3. The van der Waals surface area contributed by atoms with Crippen LogP contribution < -0.4 is 14.8 Å². The molecule has 2 rings (SSSR count). The van der Waals surface area contributed by atoms with Gasteiger partial charge in [-0.2, -0.15) is 0 Å². The smallest absolute Gasteiger partial charge is 0.273 e. The van der Waals surface area contributed by atoms with E-state index in [4.69, 9.17) is 9.47 Å². The Morgan fingerprint density at radius 1 is 1.07 bits per heavy atom. The fraction of sp³-hybridized carbons (Fsp3) is 0.381. The number of nitrogens with one attached hydrogen (secondary N) is 1. The Balaban J connectivity index is 1.91. The molecule has 2 aromatic rings. The van der Waals surface area contributed by atoms with Crippen molar-refractivity contribution in [3.8, 4) is 11.5 Å². The van der Waals surface area contributed by atoms with E-state index in [1.165, 1.54) is 44.6 Å². The van der Waals surface area contributed by atoms with Crippen molar-refractivity contribution in [3.05, 3.63) is 58.1 Å². The van der Waals surface area contributed by atoms with Crippen molar-refractivity contribution in [3.63, 3.8) is 0 Å². The number of benzene rings is 2. The molecule has 0 unspecified atom stereocenters. The minimum atomic E-state index is -0.517. The predicted octanol–water partition coefficient (Wildman–Crippen LogP) is 5.20. The zero-order chi connectivity index (χ0) is 20.4. The van der Waals surface area contributed by atoms with E-state index in [0.717, 1.165) is 18.6 Å². The highest BCUT2D eigenvalue weighted by Crippen LogP contribution is 2.29. The summed E-state index contributed by atoms with van der Waals surface area (Å²) in [5, 5.41) is 13.6. The summed E-state index contributed by atoms with van der Waals surface area (Å²) in [6, 6.07) is 10.9. The van der Waals surface area contributed by atoms with Gasteiger partial charge in [0, 0.05) is 11.6 Å². The molecule has 0 bridgehead atoms. The number of rotatable bonds is 11. The normalized spacial score (nSPS) is 10.4. The zero-order valence-electron chi connectivity index (χ0n) is 16.3. The van der Waals surface area contributed by atoms with Crippen molar-refractivity contribution in [2.24, 2.45) is 0 Å². The van der Waals surface area contributed by atoms with Crippen LogP contribution in [0.5, 0.6) is 11.5 Å². The van der Waals surface area contributed by atoms with Crippen molar-refractivity contribution in [1.82, 2.24) is 0 Å². The number of nitro groups is 1. The fourth-order valence-electron chi connectivity index (χ4n) is 2.69. The molecule has 0 heterocycles. The van der Waals surface area contributed by atoms with E-state index in [9.17, 15) is 14.9 Å². The third-order valence-corrected chi connectivity index (χ3v) is 4.28. The molecule has 0 fully saturated rings. The molecule has 7 nitrogen and oxygen atoms in total. The van der Waals surface area contributed by atoms with E-state index in [1.54, 1.807) is 24.3 Å². The molecule has 0 aliphatic heterocycles. The standard InChI is InChI=1S/C21H26N2O5/c1-3-4-5-6-7-14-28-18-11-8-16(9-12-18)21(24)22-19-13-10-17(23(25)26)15-20(19)27-2/h8-13,15H,3-7,14H2,1-2H3,(H,22,24). The summed E-state index contributed by atoms with van der Waals surface area (Å²) in [6.45, 7) is 2.85. The minimum absolute atomic E-state index is 0.106.